The Kier molecular flexibility index (Phi) is 3.71. The predicted molar refractivity (Wildman–Crippen MR) is 103 cm³/mol. The summed E-state index contributed by atoms with van der Waals surface area (Å²) in [6.07, 6.45) is 5.19. The molecule has 1 aliphatic carbocycles. The van der Waals surface area contributed by atoms with Crippen LogP contribution in [0.15, 0.2) is 42.6 Å². The highest BCUT2D eigenvalue weighted by Crippen LogP contribution is 2.40. The van der Waals surface area contributed by atoms with Crippen LogP contribution >= 0.6 is 0 Å². The Hall–Kier alpha value is -2.82. The van der Waals surface area contributed by atoms with Gasteiger partial charge in [-0.25, -0.2) is 4.98 Å². The van der Waals surface area contributed by atoms with Crippen molar-refractivity contribution in [2.75, 3.05) is 13.7 Å². The zero-order valence-corrected chi connectivity index (χ0v) is 15.7. The molecule has 1 atom stereocenters. The van der Waals surface area contributed by atoms with Gasteiger partial charge < -0.3 is 14.0 Å². The average molecular weight is 361 g/mol. The summed E-state index contributed by atoms with van der Waals surface area (Å²) < 4.78 is 7.44. The monoisotopic (exact) mass is 361 g/mol. The molecular formula is C22H23N3O2. The lowest BCUT2D eigenvalue weighted by Gasteiger charge is -2.35. The van der Waals surface area contributed by atoms with E-state index < -0.39 is 0 Å². The molecule has 27 heavy (non-hydrogen) atoms. The molecule has 5 nitrogen and oxygen atoms in total. The van der Waals surface area contributed by atoms with E-state index in [1.54, 1.807) is 7.11 Å². The highest BCUT2D eigenvalue weighted by atomic mass is 16.5. The summed E-state index contributed by atoms with van der Waals surface area (Å²) in [5.41, 5.74) is 3.96. The van der Waals surface area contributed by atoms with Crippen LogP contribution in [0.2, 0.25) is 0 Å². The van der Waals surface area contributed by atoms with Crippen molar-refractivity contribution in [2.24, 2.45) is 0 Å². The molecule has 2 aliphatic rings. The standard InChI is InChI=1S/C22H23N3O2/c1-14-18-9-8-17(27-2)13-16(18)10-12-24(14)22(26)20-19-5-3-4-11-25(19)21(23-20)15-6-7-15/h3-5,8-9,11,13-15H,6-7,10,12H2,1-2H3. The number of fused-ring (bicyclic) bond motifs is 2. The van der Waals surface area contributed by atoms with Crippen molar-refractivity contribution in [3.05, 3.63) is 65.2 Å². The van der Waals surface area contributed by atoms with E-state index in [4.69, 9.17) is 9.72 Å². The fourth-order valence-electron chi connectivity index (χ4n) is 4.20. The molecule has 1 unspecified atom stereocenters. The fourth-order valence-corrected chi connectivity index (χ4v) is 4.20. The minimum atomic E-state index is 0.0250. The Balaban J connectivity index is 1.52. The van der Waals surface area contributed by atoms with Gasteiger partial charge in [-0.15, -0.1) is 0 Å². The molecule has 138 valence electrons. The number of carbonyl (C=O) groups excluding carboxylic acids is 1. The minimum absolute atomic E-state index is 0.0250. The zero-order valence-electron chi connectivity index (χ0n) is 15.7. The van der Waals surface area contributed by atoms with Crippen LogP contribution in [0.1, 0.15) is 59.2 Å². The number of carbonyl (C=O) groups is 1. The SMILES string of the molecule is COc1ccc2c(c1)CCN(C(=O)c1nc(C3CC3)n3ccccc13)C2C. The van der Waals surface area contributed by atoms with Crippen molar-refractivity contribution in [1.29, 1.82) is 0 Å². The maximum absolute atomic E-state index is 13.4. The molecule has 0 radical (unpaired) electrons. The quantitative estimate of drug-likeness (QED) is 0.709. The second-order valence-electron chi connectivity index (χ2n) is 7.54. The van der Waals surface area contributed by atoms with Crippen LogP contribution in [0.25, 0.3) is 5.52 Å². The molecule has 0 saturated heterocycles. The summed E-state index contributed by atoms with van der Waals surface area (Å²) in [5, 5.41) is 0. The molecular weight excluding hydrogens is 338 g/mol. The lowest BCUT2D eigenvalue weighted by molar-refractivity contribution is 0.0674. The molecule has 3 aromatic rings. The molecule has 0 N–H and O–H groups in total. The molecule has 0 spiro atoms. The van der Waals surface area contributed by atoms with Gasteiger partial charge in [-0.1, -0.05) is 12.1 Å². The van der Waals surface area contributed by atoms with Crippen molar-refractivity contribution in [2.45, 2.75) is 38.1 Å². The molecule has 5 heteroatoms. The van der Waals surface area contributed by atoms with Gasteiger partial charge in [0.05, 0.1) is 18.7 Å². The molecule has 1 fully saturated rings. The van der Waals surface area contributed by atoms with Gasteiger partial charge in [0, 0.05) is 18.7 Å². The van der Waals surface area contributed by atoms with Crippen LogP contribution in [0.3, 0.4) is 0 Å². The van der Waals surface area contributed by atoms with Crippen LogP contribution < -0.4 is 4.74 Å². The van der Waals surface area contributed by atoms with Crippen molar-refractivity contribution < 1.29 is 9.53 Å². The molecule has 1 saturated carbocycles. The molecule has 5 rings (SSSR count). The number of nitrogens with zero attached hydrogens (tertiary/aromatic N) is 3. The van der Waals surface area contributed by atoms with E-state index in [1.807, 2.05) is 35.4 Å². The second kappa shape index (κ2) is 6.12. The van der Waals surface area contributed by atoms with Crippen LogP contribution in [-0.4, -0.2) is 33.8 Å². The van der Waals surface area contributed by atoms with E-state index in [1.165, 1.54) is 11.1 Å². The van der Waals surface area contributed by atoms with E-state index in [2.05, 4.69) is 23.5 Å². The number of methoxy groups -OCH3 is 1. The van der Waals surface area contributed by atoms with Crippen LogP contribution in [-0.2, 0) is 6.42 Å². The minimum Gasteiger partial charge on any atom is -0.497 e. The first kappa shape index (κ1) is 16.4. The fraction of sp³-hybridized carbons (Fsp3) is 0.364. The molecule has 1 aliphatic heterocycles. The Morgan fingerprint density at radius 2 is 2.07 bits per heavy atom. The highest BCUT2D eigenvalue weighted by molar-refractivity contribution is 5.99. The van der Waals surface area contributed by atoms with Gasteiger partial charge in [0.2, 0.25) is 0 Å². The van der Waals surface area contributed by atoms with Crippen molar-refractivity contribution in [1.82, 2.24) is 14.3 Å². The lowest BCUT2D eigenvalue weighted by atomic mass is 9.93. The van der Waals surface area contributed by atoms with Gasteiger partial charge in [0.15, 0.2) is 5.69 Å². The maximum Gasteiger partial charge on any atom is 0.275 e. The van der Waals surface area contributed by atoms with Gasteiger partial charge in [-0.05, 0) is 61.6 Å². The molecule has 1 amide bonds. The van der Waals surface area contributed by atoms with Crippen molar-refractivity contribution in [3.8, 4) is 5.75 Å². The summed E-state index contributed by atoms with van der Waals surface area (Å²) in [4.78, 5) is 20.2. The number of ether oxygens (including phenoxy) is 1. The average Bonchev–Trinajstić information content (AvgIpc) is 3.47. The van der Waals surface area contributed by atoms with Gasteiger partial charge >= 0.3 is 0 Å². The number of rotatable bonds is 3. The third-order valence-electron chi connectivity index (χ3n) is 5.87. The summed E-state index contributed by atoms with van der Waals surface area (Å²) in [5.74, 6) is 2.42. The summed E-state index contributed by atoms with van der Waals surface area (Å²) in [6.45, 7) is 2.80. The summed E-state index contributed by atoms with van der Waals surface area (Å²) in [7, 11) is 1.69. The van der Waals surface area contributed by atoms with E-state index >= 15 is 0 Å². The Morgan fingerprint density at radius 1 is 1.22 bits per heavy atom. The van der Waals surface area contributed by atoms with E-state index in [0.29, 0.717) is 18.2 Å². The number of hydrogen-bond acceptors (Lipinski definition) is 3. The van der Waals surface area contributed by atoms with E-state index in [-0.39, 0.29) is 11.9 Å². The second-order valence-corrected chi connectivity index (χ2v) is 7.54. The molecule has 1 aromatic carbocycles. The summed E-state index contributed by atoms with van der Waals surface area (Å²) in [6, 6.07) is 12.1. The van der Waals surface area contributed by atoms with E-state index in [0.717, 1.165) is 36.4 Å². The van der Waals surface area contributed by atoms with Gasteiger partial charge in [0.1, 0.15) is 11.6 Å². The normalized spacial score (nSPS) is 19.2. The number of pyridine rings is 1. The van der Waals surface area contributed by atoms with Crippen LogP contribution in [0.5, 0.6) is 5.75 Å². The third kappa shape index (κ3) is 2.60. The first-order chi connectivity index (χ1) is 13.2. The predicted octanol–water partition coefficient (Wildman–Crippen LogP) is 3.98. The molecule has 2 aromatic heterocycles. The zero-order chi connectivity index (χ0) is 18.5. The third-order valence-corrected chi connectivity index (χ3v) is 5.87. The number of aromatic nitrogens is 2. The first-order valence-electron chi connectivity index (χ1n) is 9.62. The van der Waals surface area contributed by atoms with Crippen molar-refractivity contribution >= 4 is 11.4 Å². The topological polar surface area (TPSA) is 46.8 Å². The highest BCUT2D eigenvalue weighted by Gasteiger charge is 2.34. The number of amides is 1. The number of hydrogen-bond donors (Lipinski definition) is 0. The van der Waals surface area contributed by atoms with Gasteiger partial charge in [-0.3, -0.25) is 4.79 Å². The van der Waals surface area contributed by atoms with Gasteiger partial charge in [-0.2, -0.15) is 0 Å². The first-order valence-corrected chi connectivity index (χ1v) is 9.62. The Bertz CT molecular complexity index is 1040. The van der Waals surface area contributed by atoms with Crippen LogP contribution in [0, 0.1) is 0 Å². The molecule has 3 heterocycles. The van der Waals surface area contributed by atoms with Crippen LogP contribution in [0.4, 0.5) is 0 Å². The number of imidazole rings is 1. The summed E-state index contributed by atoms with van der Waals surface area (Å²) >= 11 is 0. The van der Waals surface area contributed by atoms with Gasteiger partial charge in [0.25, 0.3) is 5.91 Å². The van der Waals surface area contributed by atoms with E-state index in [9.17, 15) is 4.79 Å². The number of benzene rings is 1. The smallest absolute Gasteiger partial charge is 0.275 e. The Morgan fingerprint density at radius 3 is 2.85 bits per heavy atom. The molecule has 0 bridgehead atoms. The van der Waals surface area contributed by atoms with Crippen molar-refractivity contribution in [3.63, 3.8) is 0 Å². The lowest BCUT2D eigenvalue weighted by Crippen LogP contribution is -2.39. The Labute approximate surface area is 158 Å². The largest absolute Gasteiger partial charge is 0.497 e. The maximum atomic E-state index is 13.4.